The lowest BCUT2D eigenvalue weighted by molar-refractivity contribution is 0.601. The van der Waals surface area contributed by atoms with E-state index in [-0.39, 0.29) is 10.5 Å². The second kappa shape index (κ2) is 5.48. The van der Waals surface area contributed by atoms with E-state index in [4.69, 9.17) is 11.0 Å². The van der Waals surface area contributed by atoms with Crippen LogP contribution in [0, 0.1) is 11.3 Å². The third-order valence-electron chi connectivity index (χ3n) is 2.43. The van der Waals surface area contributed by atoms with Crippen molar-refractivity contribution in [3.63, 3.8) is 0 Å². The molecule has 20 heavy (non-hydrogen) atoms. The fourth-order valence-electron chi connectivity index (χ4n) is 1.53. The molecular formula is C12H9BrN4O2S. The first-order chi connectivity index (χ1) is 9.44. The first-order valence-electron chi connectivity index (χ1n) is 5.36. The Balaban J connectivity index is 2.47. The van der Waals surface area contributed by atoms with Crippen molar-refractivity contribution in [2.45, 2.75) is 4.90 Å². The van der Waals surface area contributed by atoms with Crippen LogP contribution in [0.25, 0.3) is 0 Å². The van der Waals surface area contributed by atoms with Crippen LogP contribution in [0.2, 0.25) is 0 Å². The Morgan fingerprint density at radius 3 is 2.75 bits per heavy atom. The minimum absolute atomic E-state index is 0.0114. The highest BCUT2D eigenvalue weighted by Gasteiger charge is 2.19. The maximum Gasteiger partial charge on any atom is 0.263 e. The highest BCUT2D eigenvalue weighted by Crippen LogP contribution is 2.25. The minimum atomic E-state index is -3.88. The second-order valence-electron chi connectivity index (χ2n) is 3.83. The van der Waals surface area contributed by atoms with Crippen LogP contribution in [0.1, 0.15) is 5.56 Å². The van der Waals surface area contributed by atoms with Crippen molar-refractivity contribution in [3.05, 3.63) is 46.7 Å². The summed E-state index contributed by atoms with van der Waals surface area (Å²) in [6.45, 7) is 0. The van der Waals surface area contributed by atoms with Gasteiger partial charge in [-0.1, -0.05) is 0 Å². The molecule has 102 valence electrons. The SMILES string of the molecule is N#Cc1cc(N)ccc1S(=O)(=O)Nc1ccncc1Br. The fraction of sp³-hybridized carbons (Fsp3) is 0. The van der Waals surface area contributed by atoms with E-state index in [1.54, 1.807) is 0 Å². The summed E-state index contributed by atoms with van der Waals surface area (Å²) in [5.74, 6) is 0. The summed E-state index contributed by atoms with van der Waals surface area (Å²) in [6.07, 6.45) is 2.92. The van der Waals surface area contributed by atoms with Crippen molar-refractivity contribution in [1.29, 1.82) is 5.26 Å². The third kappa shape index (κ3) is 2.89. The standard InChI is InChI=1S/C12H9BrN4O2S/c13-10-7-16-4-3-11(10)17-20(18,19)12-2-1-9(15)5-8(12)6-14/h1-5,7H,15H2,(H,16,17). The number of hydrogen-bond donors (Lipinski definition) is 2. The summed E-state index contributed by atoms with van der Waals surface area (Å²) in [5, 5.41) is 9.01. The van der Waals surface area contributed by atoms with Crippen LogP contribution in [0.15, 0.2) is 46.0 Å². The Hall–Kier alpha value is -2.11. The van der Waals surface area contributed by atoms with E-state index in [9.17, 15) is 8.42 Å². The molecule has 0 radical (unpaired) electrons. The zero-order valence-corrected chi connectivity index (χ0v) is 12.4. The van der Waals surface area contributed by atoms with Crippen LogP contribution in [-0.2, 0) is 10.0 Å². The number of nitriles is 1. The normalized spacial score (nSPS) is 10.8. The average Bonchev–Trinajstić information content (AvgIpc) is 2.40. The van der Waals surface area contributed by atoms with Crippen LogP contribution < -0.4 is 10.5 Å². The molecule has 0 aliphatic carbocycles. The first-order valence-corrected chi connectivity index (χ1v) is 7.63. The summed E-state index contributed by atoms with van der Waals surface area (Å²) in [4.78, 5) is 3.72. The van der Waals surface area contributed by atoms with Gasteiger partial charge in [-0.15, -0.1) is 0 Å². The van der Waals surface area contributed by atoms with Gasteiger partial charge in [0.2, 0.25) is 0 Å². The second-order valence-corrected chi connectivity index (χ2v) is 6.33. The molecule has 0 spiro atoms. The molecule has 8 heteroatoms. The number of hydrogen-bond acceptors (Lipinski definition) is 5. The van der Waals surface area contributed by atoms with E-state index in [2.05, 4.69) is 25.6 Å². The van der Waals surface area contributed by atoms with Gasteiger partial charge in [-0.2, -0.15) is 5.26 Å². The number of anilines is 2. The number of rotatable bonds is 3. The number of benzene rings is 1. The van der Waals surface area contributed by atoms with Crippen molar-refractivity contribution in [2.24, 2.45) is 0 Å². The smallest absolute Gasteiger partial charge is 0.263 e. The number of sulfonamides is 1. The summed E-state index contributed by atoms with van der Waals surface area (Å²) >= 11 is 3.19. The van der Waals surface area contributed by atoms with Gasteiger partial charge in [0.05, 0.1) is 15.7 Å². The number of pyridine rings is 1. The fourth-order valence-corrected chi connectivity index (χ4v) is 3.23. The molecule has 3 N–H and O–H groups in total. The van der Waals surface area contributed by atoms with Gasteiger partial charge in [0.15, 0.2) is 0 Å². The first kappa shape index (κ1) is 14.3. The van der Waals surface area contributed by atoms with Crippen molar-refractivity contribution in [2.75, 3.05) is 10.5 Å². The molecule has 0 unspecified atom stereocenters. The number of aromatic nitrogens is 1. The molecule has 1 heterocycles. The number of halogens is 1. The Labute approximate surface area is 124 Å². The third-order valence-corrected chi connectivity index (χ3v) is 4.49. The lowest BCUT2D eigenvalue weighted by Crippen LogP contribution is -2.15. The molecule has 0 aliphatic heterocycles. The quantitative estimate of drug-likeness (QED) is 0.822. The van der Waals surface area contributed by atoms with E-state index in [1.165, 1.54) is 36.7 Å². The molecule has 6 nitrogen and oxygen atoms in total. The molecule has 0 amide bonds. The maximum atomic E-state index is 12.3. The lowest BCUT2D eigenvalue weighted by Gasteiger charge is -2.10. The van der Waals surface area contributed by atoms with Crippen LogP contribution in [-0.4, -0.2) is 13.4 Å². The Bertz CT molecular complexity index is 799. The Morgan fingerprint density at radius 1 is 1.35 bits per heavy atom. The van der Waals surface area contributed by atoms with E-state index in [0.29, 0.717) is 15.8 Å². The van der Waals surface area contributed by atoms with Gasteiger partial charge in [0.1, 0.15) is 11.0 Å². The van der Waals surface area contributed by atoms with Crippen molar-refractivity contribution in [3.8, 4) is 6.07 Å². The van der Waals surface area contributed by atoms with Gasteiger partial charge in [0, 0.05) is 18.1 Å². The van der Waals surface area contributed by atoms with Crippen molar-refractivity contribution >= 4 is 37.3 Å². The molecule has 2 rings (SSSR count). The zero-order chi connectivity index (χ0) is 14.8. The molecule has 1 aromatic heterocycles. The largest absolute Gasteiger partial charge is 0.399 e. The van der Waals surface area contributed by atoms with Crippen LogP contribution in [0.5, 0.6) is 0 Å². The molecule has 0 fully saturated rings. The monoisotopic (exact) mass is 352 g/mol. The van der Waals surface area contributed by atoms with Gasteiger partial charge in [-0.3, -0.25) is 9.71 Å². The predicted octanol–water partition coefficient (Wildman–Crippen LogP) is 2.10. The Kier molecular flexibility index (Phi) is 3.92. The molecule has 0 saturated heterocycles. The van der Waals surface area contributed by atoms with Gasteiger partial charge < -0.3 is 5.73 Å². The minimum Gasteiger partial charge on any atom is -0.399 e. The zero-order valence-electron chi connectivity index (χ0n) is 10.0. The van der Waals surface area contributed by atoms with Crippen LogP contribution >= 0.6 is 15.9 Å². The predicted molar refractivity (Wildman–Crippen MR) is 78.3 cm³/mol. The average molecular weight is 353 g/mol. The molecule has 0 atom stereocenters. The van der Waals surface area contributed by atoms with E-state index < -0.39 is 10.0 Å². The highest BCUT2D eigenvalue weighted by atomic mass is 79.9. The lowest BCUT2D eigenvalue weighted by atomic mass is 10.2. The van der Waals surface area contributed by atoms with Crippen molar-refractivity contribution in [1.82, 2.24) is 4.98 Å². The van der Waals surface area contributed by atoms with E-state index >= 15 is 0 Å². The molecule has 0 bridgehead atoms. The summed E-state index contributed by atoms with van der Waals surface area (Å²) in [5.41, 5.74) is 6.19. The molecule has 1 aromatic carbocycles. The molecule has 2 aromatic rings. The number of nitrogens with two attached hydrogens (primary N) is 1. The number of nitrogen functional groups attached to an aromatic ring is 1. The molecule has 0 aliphatic rings. The van der Waals surface area contributed by atoms with Crippen molar-refractivity contribution < 1.29 is 8.42 Å². The summed E-state index contributed by atoms with van der Waals surface area (Å²) in [7, 11) is -3.88. The number of nitrogens with zero attached hydrogens (tertiary/aromatic N) is 2. The van der Waals surface area contributed by atoms with Gasteiger partial charge >= 0.3 is 0 Å². The maximum absolute atomic E-state index is 12.3. The van der Waals surface area contributed by atoms with Gasteiger partial charge in [-0.05, 0) is 40.2 Å². The summed E-state index contributed by atoms with van der Waals surface area (Å²) in [6, 6.07) is 7.36. The van der Waals surface area contributed by atoms with E-state index in [1.807, 2.05) is 6.07 Å². The Morgan fingerprint density at radius 2 is 2.10 bits per heavy atom. The van der Waals surface area contributed by atoms with Gasteiger partial charge in [-0.25, -0.2) is 8.42 Å². The molecular weight excluding hydrogens is 344 g/mol. The van der Waals surface area contributed by atoms with Crippen LogP contribution in [0.3, 0.4) is 0 Å². The van der Waals surface area contributed by atoms with E-state index in [0.717, 1.165) is 0 Å². The van der Waals surface area contributed by atoms with Gasteiger partial charge in [0.25, 0.3) is 10.0 Å². The van der Waals surface area contributed by atoms with Crippen LogP contribution in [0.4, 0.5) is 11.4 Å². The number of nitrogens with one attached hydrogen (secondary N) is 1. The topological polar surface area (TPSA) is 109 Å². The summed E-state index contributed by atoms with van der Waals surface area (Å²) < 4.78 is 27.5. The highest BCUT2D eigenvalue weighted by molar-refractivity contribution is 9.10. The molecule has 0 saturated carbocycles.